The van der Waals surface area contributed by atoms with Gasteiger partial charge >= 0.3 is 0 Å². The van der Waals surface area contributed by atoms with Crippen molar-refractivity contribution in [3.63, 3.8) is 0 Å². The minimum absolute atomic E-state index is 0.150. The second-order valence-corrected chi connectivity index (χ2v) is 2.61. The van der Waals surface area contributed by atoms with Crippen molar-refractivity contribution in [2.24, 2.45) is 0 Å². The van der Waals surface area contributed by atoms with Gasteiger partial charge in [-0.2, -0.15) is 0 Å². The van der Waals surface area contributed by atoms with Crippen LogP contribution in [0.5, 0.6) is 5.75 Å². The van der Waals surface area contributed by atoms with Gasteiger partial charge in [0.2, 0.25) is 0 Å². The zero-order valence-corrected chi connectivity index (χ0v) is 7.62. The summed E-state index contributed by atoms with van der Waals surface area (Å²) in [6.07, 6.45) is 0.103. The first-order valence-corrected chi connectivity index (χ1v) is 4.00. The standard InChI is InChI=1S/C10H9FO3/c1-14-9-4-2-3-7(11)10(9)8(13)5-6-12/h2-4,6H,5H2,1H3. The number of ketones is 1. The summed E-state index contributed by atoms with van der Waals surface area (Å²) in [5.41, 5.74) is -0.165. The molecule has 1 aromatic carbocycles. The number of halogens is 1. The number of methoxy groups -OCH3 is 1. The Morgan fingerprint density at radius 2 is 2.29 bits per heavy atom. The van der Waals surface area contributed by atoms with Crippen LogP contribution < -0.4 is 4.74 Å². The van der Waals surface area contributed by atoms with Crippen LogP contribution in [0.4, 0.5) is 4.39 Å². The Kier molecular flexibility index (Phi) is 3.34. The Hall–Kier alpha value is -1.71. The third-order valence-corrected chi connectivity index (χ3v) is 1.74. The molecule has 0 amide bonds. The Morgan fingerprint density at radius 1 is 1.57 bits per heavy atom. The van der Waals surface area contributed by atoms with E-state index >= 15 is 0 Å². The fourth-order valence-electron chi connectivity index (χ4n) is 1.12. The highest BCUT2D eigenvalue weighted by atomic mass is 19.1. The van der Waals surface area contributed by atoms with E-state index in [9.17, 15) is 14.0 Å². The summed E-state index contributed by atoms with van der Waals surface area (Å²) >= 11 is 0. The van der Waals surface area contributed by atoms with E-state index in [0.717, 1.165) is 6.07 Å². The fourth-order valence-corrected chi connectivity index (χ4v) is 1.12. The number of carbonyl (C=O) groups excluding carboxylic acids is 2. The quantitative estimate of drug-likeness (QED) is 0.417. The van der Waals surface area contributed by atoms with Crippen molar-refractivity contribution in [2.45, 2.75) is 6.42 Å². The summed E-state index contributed by atoms with van der Waals surface area (Å²) in [6.45, 7) is 0. The molecule has 0 fully saturated rings. The molecule has 0 saturated carbocycles. The topological polar surface area (TPSA) is 43.4 Å². The Labute approximate surface area is 80.5 Å². The van der Waals surface area contributed by atoms with E-state index in [1.165, 1.54) is 19.2 Å². The first kappa shape index (κ1) is 10.4. The third kappa shape index (κ3) is 1.96. The summed E-state index contributed by atoms with van der Waals surface area (Å²) in [5.74, 6) is -1.09. The average molecular weight is 196 g/mol. The van der Waals surface area contributed by atoms with Crippen LogP contribution >= 0.6 is 0 Å². The molecule has 14 heavy (non-hydrogen) atoms. The molecule has 0 aliphatic carbocycles. The van der Waals surface area contributed by atoms with E-state index in [1.807, 2.05) is 0 Å². The molecule has 0 unspecified atom stereocenters. The van der Waals surface area contributed by atoms with Crippen LogP contribution in [-0.2, 0) is 4.79 Å². The smallest absolute Gasteiger partial charge is 0.176 e. The number of carbonyl (C=O) groups is 2. The highest BCUT2D eigenvalue weighted by molar-refractivity contribution is 6.04. The minimum atomic E-state index is -0.670. The Morgan fingerprint density at radius 3 is 2.86 bits per heavy atom. The molecular weight excluding hydrogens is 187 g/mol. The molecule has 0 bridgehead atoms. The lowest BCUT2D eigenvalue weighted by molar-refractivity contribution is -0.107. The van der Waals surface area contributed by atoms with Crippen LogP contribution in [0.3, 0.4) is 0 Å². The second-order valence-electron chi connectivity index (χ2n) is 2.61. The average Bonchev–Trinajstić information content (AvgIpc) is 2.17. The number of aldehydes is 1. The number of hydrogen-bond acceptors (Lipinski definition) is 3. The van der Waals surface area contributed by atoms with Gasteiger partial charge in [-0.3, -0.25) is 4.79 Å². The van der Waals surface area contributed by atoms with Crippen LogP contribution in [-0.4, -0.2) is 19.2 Å². The van der Waals surface area contributed by atoms with Crippen LogP contribution in [0.2, 0.25) is 0 Å². The number of hydrogen-bond donors (Lipinski definition) is 0. The molecular formula is C10H9FO3. The predicted octanol–water partition coefficient (Wildman–Crippen LogP) is 1.61. The maximum Gasteiger partial charge on any atom is 0.176 e. The van der Waals surface area contributed by atoms with Gasteiger partial charge in [0, 0.05) is 0 Å². The minimum Gasteiger partial charge on any atom is -0.496 e. The molecule has 0 spiro atoms. The summed E-state index contributed by atoms with van der Waals surface area (Å²) in [6, 6.07) is 4.06. The first-order valence-electron chi connectivity index (χ1n) is 4.00. The number of rotatable bonds is 4. The molecule has 0 radical (unpaired) electrons. The Bertz CT molecular complexity index is 360. The molecule has 0 saturated heterocycles. The lowest BCUT2D eigenvalue weighted by Crippen LogP contribution is -2.05. The molecule has 0 aliphatic rings. The molecule has 0 heterocycles. The lowest BCUT2D eigenvalue weighted by Gasteiger charge is -2.06. The highest BCUT2D eigenvalue weighted by Gasteiger charge is 2.16. The van der Waals surface area contributed by atoms with Crippen molar-refractivity contribution in [3.8, 4) is 5.75 Å². The SMILES string of the molecule is COc1cccc(F)c1C(=O)CC=O. The van der Waals surface area contributed by atoms with Gasteiger partial charge in [-0.25, -0.2) is 4.39 Å². The van der Waals surface area contributed by atoms with E-state index in [1.54, 1.807) is 0 Å². The highest BCUT2D eigenvalue weighted by Crippen LogP contribution is 2.22. The maximum absolute atomic E-state index is 13.2. The van der Waals surface area contributed by atoms with Gasteiger partial charge in [-0.1, -0.05) is 6.07 Å². The van der Waals surface area contributed by atoms with Gasteiger partial charge in [-0.15, -0.1) is 0 Å². The maximum atomic E-state index is 13.2. The van der Waals surface area contributed by atoms with Crippen molar-refractivity contribution in [3.05, 3.63) is 29.6 Å². The van der Waals surface area contributed by atoms with Crippen LogP contribution in [0.25, 0.3) is 0 Å². The molecule has 74 valence electrons. The van der Waals surface area contributed by atoms with Gasteiger partial charge in [-0.05, 0) is 12.1 Å². The van der Waals surface area contributed by atoms with Crippen molar-refractivity contribution in [2.75, 3.05) is 7.11 Å². The first-order chi connectivity index (χ1) is 6.70. The van der Waals surface area contributed by atoms with Crippen molar-refractivity contribution in [1.29, 1.82) is 0 Å². The zero-order valence-electron chi connectivity index (χ0n) is 7.62. The molecule has 4 heteroatoms. The Balaban J connectivity index is 3.16. The van der Waals surface area contributed by atoms with E-state index in [2.05, 4.69) is 0 Å². The predicted molar refractivity (Wildman–Crippen MR) is 48.0 cm³/mol. The van der Waals surface area contributed by atoms with Crippen LogP contribution in [0, 0.1) is 5.82 Å². The van der Waals surface area contributed by atoms with Gasteiger partial charge in [0.05, 0.1) is 19.1 Å². The van der Waals surface area contributed by atoms with Gasteiger partial charge < -0.3 is 9.53 Å². The largest absolute Gasteiger partial charge is 0.496 e. The second kappa shape index (κ2) is 4.50. The summed E-state index contributed by atoms with van der Waals surface area (Å²) < 4.78 is 18.0. The van der Waals surface area contributed by atoms with E-state index in [4.69, 9.17) is 4.74 Å². The van der Waals surface area contributed by atoms with E-state index in [-0.39, 0.29) is 17.7 Å². The van der Waals surface area contributed by atoms with Gasteiger partial charge in [0.15, 0.2) is 5.78 Å². The summed E-state index contributed by atoms with van der Waals surface area (Å²) in [7, 11) is 1.34. The zero-order chi connectivity index (χ0) is 10.6. The van der Waals surface area contributed by atoms with Crippen LogP contribution in [0.1, 0.15) is 16.8 Å². The normalized spacial score (nSPS) is 9.57. The van der Waals surface area contributed by atoms with Crippen molar-refractivity contribution in [1.82, 2.24) is 0 Å². The third-order valence-electron chi connectivity index (χ3n) is 1.74. The fraction of sp³-hybridized carbons (Fsp3) is 0.200. The van der Waals surface area contributed by atoms with Crippen molar-refractivity contribution < 1.29 is 18.7 Å². The van der Waals surface area contributed by atoms with Gasteiger partial charge in [0.1, 0.15) is 17.9 Å². The monoisotopic (exact) mass is 196 g/mol. The van der Waals surface area contributed by atoms with E-state index < -0.39 is 11.6 Å². The van der Waals surface area contributed by atoms with E-state index in [0.29, 0.717) is 6.29 Å². The molecule has 0 aliphatic heterocycles. The molecule has 3 nitrogen and oxygen atoms in total. The number of Topliss-reactive ketones (excluding diaryl/α,β-unsaturated/α-hetero) is 1. The number of benzene rings is 1. The molecule has 1 aromatic rings. The summed E-state index contributed by atoms with van der Waals surface area (Å²) in [5, 5.41) is 0. The van der Waals surface area contributed by atoms with Gasteiger partial charge in [0.25, 0.3) is 0 Å². The summed E-state index contributed by atoms with van der Waals surface area (Å²) in [4.78, 5) is 21.4. The molecule has 0 atom stereocenters. The van der Waals surface area contributed by atoms with Crippen molar-refractivity contribution >= 4 is 12.1 Å². The molecule has 0 N–H and O–H groups in total. The molecule has 0 aromatic heterocycles. The van der Waals surface area contributed by atoms with Crippen LogP contribution in [0.15, 0.2) is 18.2 Å². The molecule has 1 rings (SSSR count). The lowest BCUT2D eigenvalue weighted by atomic mass is 10.1. The number of ether oxygens (including phenoxy) is 1.